The first kappa shape index (κ1) is 24.6. The number of aliphatic carboxylic acids is 1. The van der Waals surface area contributed by atoms with E-state index in [1.54, 1.807) is 12.1 Å². The molecule has 184 valence electrons. The second-order valence-electron chi connectivity index (χ2n) is 8.94. The van der Waals surface area contributed by atoms with Gasteiger partial charge in [0.15, 0.2) is 11.5 Å². The highest BCUT2D eigenvalue weighted by atomic mass is 16.6. The predicted molar refractivity (Wildman–Crippen MR) is 135 cm³/mol. The fourth-order valence-corrected chi connectivity index (χ4v) is 4.35. The van der Waals surface area contributed by atoms with Crippen molar-refractivity contribution >= 4 is 5.97 Å². The van der Waals surface area contributed by atoms with E-state index in [4.69, 9.17) is 19.3 Å². The van der Waals surface area contributed by atoms with Crippen molar-refractivity contribution in [2.24, 2.45) is 0 Å². The molecule has 0 aliphatic carbocycles. The van der Waals surface area contributed by atoms with Gasteiger partial charge in [-0.05, 0) is 53.3 Å². The van der Waals surface area contributed by atoms with Gasteiger partial charge >= 0.3 is 5.97 Å². The average Bonchev–Trinajstić information content (AvgIpc) is 2.87. The van der Waals surface area contributed by atoms with E-state index in [-0.39, 0.29) is 6.42 Å². The van der Waals surface area contributed by atoms with Crippen LogP contribution in [0, 0.1) is 0 Å². The summed E-state index contributed by atoms with van der Waals surface area (Å²) in [5.74, 6) is 1.88. The number of rotatable bonds is 12. The van der Waals surface area contributed by atoms with E-state index in [0.717, 1.165) is 43.1 Å². The summed E-state index contributed by atoms with van der Waals surface area (Å²) < 4.78 is 17.4. The maximum atomic E-state index is 11.0. The molecule has 0 fully saturated rings. The number of ether oxygens (including phenoxy) is 3. The standard InChI is InChI=1S/C29H33NO5/c1-22(25-8-3-2-4-9-25)20-30(21-24-11-12-27-28(18-24)35-16-15-34-27)13-6-14-33-26-10-5-7-23(17-26)19-29(31)32/h2-5,7-12,17-18,22H,6,13-16,19-21H2,1H3,(H,31,32)/t22-/m1/s1. The normalized spacial score (nSPS) is 13.4. The molecule has 0 aromatic heterocycles. The molecule has 6 heteroatoms. The number of nitrogens with zero attached hydrogens (tertiary/aromatic N) is 1. The molecule has 0 radical (unpaired) electrons. The zero-order valence-electron chi connectivity index (χ0n) is 20.2. The Hall–Kier alpha value is -3.51. The summed E-state index contributed by atoms with van der Waals surface area (Å²) in [5.41, 5.74) is 3.26. The van der Waals surface area contributed by atoms with Gasteiger partial charge in [0, 0.05) is 19.6 Å². The number of carboxylic acid groups (broad SMARTS) is 1. The zero-order chi connectivity index (χ0) is 24.5. The minimum absolute atomic E-state index is 0.00210. The van der Waals surface area contributed by atoms with Gasteiger partial charge in [-0.1, -0.05) is 55.5 Å². The molecule has 1 heterocycles. The Kier molecular flexibility index (Phi) is 8.63. The number of hydrogen-bond acceptors (Lipinski definition) is 5. The monoisotopic (exact) mass is 475 g/mol. The molecule has 35 heavy (non-hydrogen) atoms. The third-order valence-electron chi connectivity index (χ3n) is 6.05. The van der Waals surface area contributed by atoms with Crippen molar-refractivity contribution in [3.05, 3.63) is 89.5 Å². The number of hydrogen-bond donors (Lipinski definition) is 1. The van der Waals surface area contributed by atoms with Crippen LogP contribution >= 0.6 is 0 Å². The van der Waals surface area contributed by atoms with Gasteiger partial charge in [0.05, 0.1) is 13.0 Å². The molecule has 3 aromatic rings. The second-order valence-corrected chi connectivity index (χ2v) is 8.94. The molecule has 0 saturated heterocycles. The van der Waals surface area contributed by atoms with Crippen LogP contribution in [0.3, 0.4) is 0 Å². The van der Waals surface area contributed by atoms with Crippen molar-refractivity contribution in [3.8, 4) is 17.2 Å². The lowest BCUT2D eigenvalue weighted by atomic mass is 10.0. The molecule has 1 atom stereocenters. The van der Waals surface area contributed by atoms with Gasteiger partial charge in [0.2, 0.25) is 0 Å². The van der Waals surface area contributed by atoms with Crippen molar-refractivity contribution in [2.45, 2.75) is 32.2 Å². The highest BCUT2D eigenvalue weighted by Crippen LogP contribution is 2.31. The Morgan fingerprint density at radius 2 is 1.77 bits per heavy atom. The Bertz CT molecular complexity index is 1100. The molecular formula is C29H33NO5. The van der Waals surface area contributed by atoms with E-state index in [0.29, 0.717) is 31.5 Å². The summed E-state index contributed by atoms with van der Waals surface area (Å²) in [6.07, 6.45) is 0.854. The molecule has 4 rings (SSSR count). The van der Waals surface area contributed by atoms with Crippen LogP contribution in [0.25, 0.3) is 0 Å². The van der Waals surface area contributed by atoms with E-state index >= 15 is 0 Å². The molecule has 1 aliphatic rings. The number of fused-ring (bicyclic) bond motifs is 1. The summed E-state index contributed by atoms with van der Waals surface area (Å²) in [5, 5.41) is 9.01. The first-order chi connectivity index (χ1) is 17.1. The molecule has 1 aliphatic heterocycles. The Morgan fingerprint density at radius 3 is 2.57 bits per heavy atom. The van der Waals surface area contributed by atoms with E-state index in [2.05, 4.69) is 48.2 Å². The van der Waals surface area contributed by atoms with Gasteiger partial charge in [0.25, 0.3) is 0 Å². The van der Waals surface area contributed by atoms with E-state index in [1.165, 1.54) is 11.1 Å². The lowest BCUT2D eigenvalue weighted by molar-refractivity contribution is -0.136. The number of benzene rings is 3. The van der Waals surface area contributed by atoms with Crippen LogP contribution in [0.4, 0.5) is 0 Å². The molecule has 0 bridgehead atoms. The quantitative estimate of drug-likeness (QED) is 0.365. The van der Waals surface area contributed by atoms with Gasteiger partial charge in [-0.2, -0.15) is 0 Å². The van der Waals surface area contributed by atoms with Crippen LogP contribution in [0.5, 0.6) is 17.2 Å². The molecule has 0 saturated carbocycles. The molecule has 0 unspecified atom stereocenters. The van der Waals surface area contributed by atoms with Crippen LogP contribution in [0.15, 0.2) is 72.8 Å². The Labute approximate surface area is 207 Å². The van der Waals surface area contributed by atoms with Gasteiger partial charge in [0.1, 0.15) is 19.0 Å². The van der Waals surface area contributed by atoms with Crippen molar-refractivity contribution in [3.63, 3.8) is 0 Å². The van der Waals surface area contributed by atoms with Crippen molar-refractivity contribution in [1.29, 1.82) is 0 Å². The van der Waals surface area contributed by atoms with E-state index in [9.17, 15) is 4.79 Å². The Morgan fingerprint density at radius 1 is 0.971 bits per heavy atom. The summed E-state index contributed by atoms with van der Waals surface area (Å²) >= 11 is 0. The third-order valence-corrected chi connectivity index (χ3v) is 6.05. The predicted octanol–water partition coefficient (Wildman–Crippen LogP) is 5.16. The highest BCUT2D eigenvalue weighted by molar-refractivity contribution is 5.70. The largest absolute Gasteiger partial charge is 0.494 e. The summed E-state index contributed by atoms with van der Waals surface area (Å²) in [6, 6.07) is 24.1. The first-order valence-electron chi connectivity index (χ1n) is 12.2. The van der Waals surface area contributed by atoms with Crippen molar-refractivity contribution in [2.75, 3.05) is 32.9 Å². The van der Waals surface area contributed by atoms with E-state index < -0.39 is 5.97 Å². The lowest BCUT2D eigenvalue weighted by Gasteiger charge is -2.27. The second kappa shape index (κ2) is 12.3. The highest BCUT2D eigenvalue weighted by Gasteiger charge is 2.16. The summed E-state index contributed by atoms with van der Waals surface area (Å²) in [7, 11) is 0. The molecule has 0 spiro atoms. The van der Waals surface area contributed by atoms with Gasteiger partial charge < -0.3 is 19.3 Å². The fraction of sp³-hybridized carbons (Fsp3) is 0.345. The first-order valence-corrected chi connectivity index (χ1v) is 12.2. The smallest absolute Gasteiger partial charge is 0.307 e. The fourth-order valence-electron chi connectivity index (χ4n) is 4.35. The Balaban J connectivity index is 1.37. The molecular weight excluding hydrogens is 442 g/mol. The SMILES string of the molecule is C[C@H](CN(CCCOc1cccc(CC(=O)O)c1)Cc1ccc2c(c1)OCCO2)c1ccccc1. The van der Waals surface area contributed by atoms with Crippen LogP contribution in [0.1, 0.15) is 36.0 Å². The van der Waals surface area contributed by atoms with E-state index in [1.807, 2.05) is 24.3 Å². The minimum Gasteiger partial charge on any atom is -0.494 e. The summed E-state index contributed by atoms with van der Waals surface area (Å²) in [6.45, 7) is 6.60. The van der Waals surface area contributed by atoms with Gasteiger partial charge in [-0.15, -0.1) is 0 Å². The van der Waals surface area contributed by atoms with Crippen LogP contribution in [0.2, 0.25) is 0 Å². The van der Waals surface area contributed by atoms with Crippen LogP contribution < -0.4 is 14.2 Å². The maximum absolute atomic E-state index is 11.0. The topological polar surface area (TPSA) is 68.2 Å². The minimum atomic E-state index is -0.843. The number of carboxylic acids is 1. The van der Waals surface area contributed by atoms with Crippen molar-refractivity contribution in [1.82, 2.24) is 4.90 Å². The number of carbonyl (C=O) groups is 1. The van der Waals surface area contributed by atoms with Gasteiger partial charge in [-0.25, -0.2) is 0 Å². The third kappa shape index (κ3) is 7.49. The van der Waals surface area contributed by atoms with Crippen LogP contribution in [-0.2, 0) is 17.8 Å². The average molecular weight is 476 g/mol. The zero-order valence-corrected chi connectivity index (χ0v) is 20.2. The molecule has 6 nitrogen and oxygen atoms in total. The maximum Gasteiger partial charge on any atom is 0.307 e. The van der Waals surface area contributed by atoms with Crippen LogP contribution in [-0.4, -0.2) is 48.9 Å². The molecule has 3 aromatic carbocycles. The van der Waals surface area contributed by atoms with Gasteiger partial charge in [-0.3, -0.25) is 9.69 Å². The van der Waals surface area contributed by atoms with Crippen molar-refractivity contribution < 1.29 is 24.1 Å². The summed E-state index contributed by atoms with van der Waals surface area (Å²) in [4.78, 5) is 13.4. The molecule has 0 amide bonds. The molecule has 1 N–H and O–H groups in total. The lowest BCUT2D eigenvalue weighted by Crippen LogP contribution is -2.29.